The van der Waals surface area contributed by atoms with Crippen LogP contribution in [0.3, 0.4) is 0 Å². The van der Waals surface area contributed by atoms with Crippen LogP contribution in [0.4, 0.5) is 0 Å². The van der Waals surface area contributed by atoms with Crippen molar-refractivity contribution in [2.45, 2.75) is 45.4 Å². The lowest BCUT2D eigenvalue weighted by Gasteiger charge is -2.33. The summed E-state index contributed by atoms with van der Waals surface area (Å²) < 4.78 is 12.7. The average Bonchev–Trinajstić information content (AvgIpc) is 2.79. The molecule has 0 amide bonds. The van der Waals surface area contributed by atoms with Gasteiger partial charge in [0, 0.05) is 13.7 Å². The zero-order valence-corrected chi connectivity index (χ0v) is 11.4. The van der Waals surface area contributed by atoms with Crippen molar-refractivity contribution in [3.05, 3.63) is 11.9 Å². The molecule has 2 atom stereocenters. The first-order chi connectivity index (χ1) is 8.03. The van der Waals surface area contributed by atoms with Gasteiger partial charge >= 0.3 is 0 Å². The van der Waals surface area contributed by atoms with Crippen LogP contribution in [0.1, 0.15) is 38.9 Å². The van der Waals surface area contributed by atoms with E-state index in [1.54, 1.807) is 20.4 Å². The molecular weight excluding hydrogens is 218 g/mol. The quantitative estimate of drug-likeness (QED) is 0.824. The van der Waals surface area contributed by atoms with Crippen molar-refractivity contribution in [1.82, 2.24) is 9.78 Å². The van der Waals surface area contributed by atoms with Gasteiger partial charge in [-0.2, -0.15) is 5.10 Å². The SMILES string of the molecule is CCn1ncc(OC)c1C(N)C(C)(CC)OC. The number of nitrogens with two attached hydrogens (primary N) is 1. The first-order valence-electron chi connectivity index (χ1n) is 5.94. The Kier molecular flexibility index (Phi) is 4.54. The van der Waals surface area contributed by atoms with Gasteiger partial charge in [0.15, 0.2) is 5.75 Å². The highest BCUT2D eigenvalue weighted by atomic mass is 16.5. The van der Waals surface area contributed by atoms with Crippen LogP contribution in [0.2, 0.25) is 0 Å². The number of rotatable bonds is 6. The minimum atomic E-state index is -0.416. The van der Waals surface area contributed by atoms with E-state index >= 15 is 0 Å². The molecule has 0 bridgehead atoms. The highest BCUT2D eigenvalue weighted by Crippen LogP contribution is 2.34. The van der Waals surface area contributed by atoms with Crippen LogP contribution < -0.4 is 10.5 Å². The minimum absolute atomic E-state index is 0.269. The number of aromatic nitrogens is 2. The van der Waals surface area contributed by atoms with E-state index in [0.717, 1.165) is 24.4 Å². The van der Waals surface area contributed by atoms with Crippen molar-refractivity contribution in [3.63, 3.8) is 0 Å². The molecule has 0 spiro atoms. The summed E-state index contributed by atoms with van der Waals surface area (Å²) in [5.41, 5.74) is 6.80. The van der Waals surface area contributed by atoms with E-state index in [4.69, 9.17) is 15.2 Å². The Morgan fingerprint density at radius 3 is 2.53 bits per heavy atom. The van der Waals surface area contributed by atoms with Crippen LogP contribution in [0, 0.1) is 0 Å². The second-order valence-electron chi connectivity index (χ2n) is 4.26. The maximum Gasteiger partial charge on any atom is 0.161 e. The Bertz CT molecular complexity index is 337. The molecule has 0 radical (unpaired) electrons. The molecule has 0 aliphatic rings. The second-order valence-corrected chi connectivity index (χ2v) is 4.26. The maximum absolute atomic E-state index is 6.33. The van der Waals surface area contributed by atoms with Crippen molar-refractivity contribution in [1.29, 1.82) is 0 Å². The van der Waals surface area contributed by atoms with Gasteiger partial charge in [-0.05, 0) is 20.3 Å². The number of aryl methyl sites for hydroxylation is 1. The molecule has 2 N–H and O–H groups in total. The Morgan fingerprint density at radius 1 is 1.47 bits per heavy atom. The van der Waals surface area contributed by atoms with Gasteiger partial charge < -0.3 is 15.2 Å². The van der Waals surface area contributed by atoms with E-state index in [2.05, 4.69) is 12.0 Å². The Labute approximate surface area is 103 Å². The molecule has 1 rings (SSSR count). The normalized spacial score (nSPS) is 16.6. The summed E-state index contributed by atoms with van der Waals surface area (Å²) in [5.74, 6) is 0.719. The third-order valence-electron chi connectivity index (χ3n) is 3.49. The van der Waals surface area contributed by atoms with E-state index in [1.807, 2.05) is 18.5 Å². The molecule has 17 heavy (non-hydrogen) atoms. The fourth-order valence-electron chi connectivity index (χ4n) is 1.88. The van der Waals surface area contributed by atoms with Crippen molar-refractivity contribution in [2.75, 3.05) is 14.2 Å². The van der Waals surface area contributed by atoms with Gasteiger partial charge in [-0.1, -0.05) is 6.92 Å². The fourth-order valence-corrected chi connectivity index (χ4v) is 1.88. The molecular formula is C12H23N3O2. The van der Waals surface area contributed by atoms with E-state index in [9.17, 15) is 0 Å². The summed E-state index contributed by atoms with van der Waals surface area (Å²) >= 11 is 0. The molecule has 5 nitrogen and oxygen atoms in total. The summed E-state index contributed by atoms with van der Waals surface area (Å²) in [6.07, 6.45) is 2.52. The van der Waals surface area contributed by atoms with Crippen molar-refractivity contribution < 1.29 is 9.47 Å². The third kappa shape index (κ3) is 2.45. The number of ether oxygens (including phenoxy) is 2. The molecule has 0 aromatic carbocycles. The highest BCUT2D eigenvalue weighted by molar-refractivity contribution is 5.30. The molecule has 98 valence electrons. The van der Waals surface area contributed by atoms with Crippen molar-refractivity contribution in [2.24, 2.45) is 5.73 Å². The van der Waals surface area contributed by atoms with Gasteiger partial charge in [0.1, 0.15) is 0 Å². The van der Waals surface area contributed by atoms with Crippen LogP contribution in [-0.2, 0) is 11.3 Å². The smallest absolute Gasteiger partial charge is 0.161 e. The number of methoxy groups -OCH3 is 2. The molecule has 0 saturated heterocycles. The summed E-state index contributed by atoms with van der Waals surface area (Å²) in [6, 6.07) is -0.269. The first-order valence-corrected chi connectivity index (χ1v) is 5.94. The van der Waals surface area contributed by atoms with Gasteiger partial charge in [-0.15, -0.1) is 0 Å². The number of hydrogen-bond acceptors (Lipinski definition) is 4. The van der Waals surface area contributed by atoms with Crippen molar-refractivity contribution in [3.8, 4) is 5.75 Å². The summed E-state index contributed by atoms with van der Waals surface area (Å²) in [4.78, 5) is 0. The maximum atomic E-state index is 6.33. The minimum Gasteiger partial charge on any atom is -0.493 e. The van der Waals surface area contributed by atoms with Crippen molar-refractivity contribution >= 4 is 0 Å². The first kappa shape index (κ1) is 14.0. The molecule has 0 saturated carbocycles. The zero-order valence-electron chi connectivity index (χ0n) is 11.4. The van der Waals surface area contributed by atoms with E-state index < -0.39 is 5.60 Å². The lowest BCUT2D eigenvalue weighted by atomic mass is 9.91. The molecule has 0 fully saturated rings. The van der Waals surface area contributed by atoms with E-state index in [1.165, 1.54) is 0 Å². The van der Waals surface area contributed by atoms with Crippen LogP contribution in [0.15, 0.2) is 6.20 Å². The van der Waals surface area contributed by atoms with Crippen LogP contribution >= 0.6 is 0 Å². The lowest BCUT2D eigenvalue weighted by Crippen LogP contribution is -2.41. The molecule has 1 heterocycles. The Balaban J connectivity index is 3.17. The number of hydrogen-bond donors (Lipinski definition) is 1. The molecule has 1 aromatic rings. The topological polar surface area (TPSA) is 62.3 Å². The van der Waals surface area contributed by atoms with Gasteiger partial charge in [-0.3, -0.25) is 4.68 Å². The van der Waals surface area contributed by atoms with Gasteiger partial charge in [-0.25, -0.2) is 0 Å². The summed E-state index contributed by atoms with van der Waals surface area (Å²) in [6.45, 7) is 6.85. The van der Waals surface area contributed by atoms with Gasteiger partial charge in [0.2, 0.25) is 0 Å². The van der Waals surface area contributed by atoms with E-state index in [0.29, 0.717) is 0 Å². The molecule has 0 aliphatic carbocycles. The van der Waals surface area contributed by atoms with Gasteiger partial charge in [0.25, 0.3) is 0 Å². The zero-order chi connectivity index (χ0) is 13.1. The third-order valence-corrected chi connectivity index (χ3v) is 3.49. The summed E-state index contributed by atoms with van der Waals surface area (Å²) in [5, 5.41) is 4.26. The fraction of sp³-hybridized carbons (Fsp3) is 0.750. The lowest BCUT2D eigenvalue weighted by molar-refractivity contribution is -0.0220. The summed E-state index contributed by atoms with van der Waals surface area (Å²) in [7, 11) is 3.31. The average molecular weight is 241 g/mol. The monoisotopic (exact) mass is 241 g/mol. The highest BCUT2D eigenvalue weighted by Gasteiger charge is 2.35. The van der Waals surface area contributed by atoms with Gasteiger partial charge in [0.05, 0.1) is 30.6 Å². The Morgan fingerprint density at radius 2 is 2.12 bits per heavy atom. The molecule has 2 unspecified atom stereocenters. The largest absolute Gasteiger partial charge is 0.493 e. The second kappa shape index (κ2) is 5.51. The van der Waals surface area contributed by atoms with Crippen LogP contribution in [-0.4, -0.2) is 29.6 Å². The molecule has 0 aliphatic heterocycles. The van der Waals surface area contributed by atoms with Crippen LogP contribution in [0.25, 0.3) is 0 Å². The standard InChI is InChI=1S/C12H23N3O2/c1-6-12(3,17-5)11(13)10-9(16-4)8-14-15(10)7-2/h8,11H,6-7,13H2,1-5H3. The van der Waals surface area contributed by atoms with E-state index in [-0.39, 0.29) is 6.04 Å². The Hall–Kier alpha value is -1.07. The molecule has 5 heteroatoms. The predicted molar refractivity (Wildman–Crippen MR) is 67.1 cm³/mol. The molecule has 1 aromatic heterocycles. The number of nitrogens with zero attached hydrogens (tertiary/aromatic N) is 2. The predicted octanol–water partition coefficient (Wildman–Crippen LogP) is 1.73. The van der Waals surface area contributed by atoms with Crippen LogP contribution in [0.5, 0.6) is 5.75 Å².